The number of aryl methyl sites for hydroxylation is 1. The highest BCUT2D eigenvalue weighted by atomic mass is 32.1. The topological polar surface area (TPSA) is 105 Å². The highest BCUT2D eigenvalue weighted by Crippen LogP contribution is 2.19. The molecular weight excluding hydrogens is 376 g/mol. The average molecular weight is 392 g/mol. The Labute approximate surface area is 163 Å². The lowest BCUT2D eigenvalue weighted by atomic mass is 10.2. The van der Waals surface area contributed by atoms with Gasteiger partial charge < -0.3 is 10.5 Å². The molecular formula is C19H16N6O2S. The average Bonchev–Trinajstić information content (AvgIpc) is 3.15. The van der Waals surface area contributed by atoms with Gasteiger partial charge in [0.05, 0.1) is 17.4 Å². The summed E-state index contributed by atoms with van der Waals surface area (Å²) in [5.74, 6) is 0.772. The fraction of sp³-hybridized carbons (Fsp3) is 0.105. The number of rotatable bonds is 5. The van der Waals surface area contributed by atoms with E-state index in [1.54, 1.807) is 43.5 Å². The van der Waals surface area contributed by atoms with Crippen LogP contribution in [0.4, 0.5) is 5.13 Å². The van der Waals surface area contributed by atoms with Crippen molar-refractivity contribution >= 4 is 33.6 Å². The van der Waals surface area contributed by atoms with Crippen molar-refractivity contribution in [1.82, 2.24) is 19.9 Å². The summed E-state index contributed by atoms with van der Waals surface area (Å²) in [5.41, 5.74) is 4.41. The van der Waals surface area contributed by atoms with E-state index < -0.39 is 0 Å². The maximum Gasteiger partial charge on any atom is 0.279 e. The molecule has 0 fully saturated rings. The van der Waals surface area contributed by atoms with E-state index in [1.807, 2.05) is 18.2 Å². The number of phenols is 1. The van der Waals surface area contributed by atoms with Gasteiger partial charge in [-0.05, 0) is 48.9 Å². The number of benzene rings is 2. The molecule has 0 spiro atoms. The lowest BCUT2D eigenvalue weighted by molar-refractivity contribution is 0.475. The van der Waals surface area contributed by atoms with Gasteiger partial charge in [0.1, 0.15) is 16.6 Å². The Bertz CT molecular complexity index is 1210. The monoisotopic (exact) mass is 392 g/mol. The van der Waals surface area contributed by atoms with Gasteiger partial charge in [0.25, 0.3) is 5.56 Å². The lowest BCUT2D eigenvalue weighted by Gasteiger charge is -2.11. The highest BCUT2D eigenvalue weighted by Gasteiger charge is 2.09. The Morgan fingerprint density at radius 1 is 1.18 bits per heavy atom. The molecule has 0 saturated heterocycles. The Morgan fingerprint density at radius 2 is 1.96 bits per heavy atom. The van der Waals surface area contributed by atoms with Gasteiger partial charge in [-0.3, -0.25) is 4.79 Å². The van der Waals surface area contributed by atoms with Crippen LogP contribution in [0, 0.1) is 6.92 Å². The fourth-order valence-electron chi connectivity index (χ4n) is 2.64. The molecule has 28 heavy (non-hydrogen) atoms. The summed E-state index contributed by atoms with van der Waals surface area (Å²) >= 11 is 1.32. The van der Waals surface area contributed by atoms with Crippen LogP contribution in [0.2, 0.25) is 0 Å². The molecule has 0 atom stereocenters. The zero-order valence-electron chi connectivity index (χ0n) is 14.9. The van der Waals surface area contributed by atoms with Crippen LogP contribution in [0.25, 0.3) is 10.9 Å². The molecule has 2 aromatic heterocycles. The van der Waals surface area contributed by atoms with Crippen molar-refractivity contribution in [2.24, 2.45) is 4.99 Å². The third-order valence-electron chi connectivity index (χ3n) is 4.01. The van der Waals surface area contributed by atoms with Gasteiger partial charge in [-0.1, -0.05) is 23.5 Å². The number of aromatic nitrogens is 4. The van der Waals surface area contributed by atoms with Crippen LogP contribution in [0.15, 0.2) is 58.3 Å². The second-order valence-corrected chi connectivity index (χ2v) is 7.02. The standard InChI is InChI=1S/C19H16N6O2S/c1-12-22-16-5-3-2-4-15(16)18(27)25(12)21-11-17-23-24-19(28-17)20-10-13-6-8-14(26)9-7-13/h2-10,21,26H,11H2,1H3. The fourth-order valence-corrected chi connectivity index (χ4v) is 3.25. The Morgan fingerprint density at radius 3 is 2.79 bits per heavy atom. The smallest absolute Gasteiger partial charge is 0.279 e. The van der Waals surface area contributed by atoms with Crippen LogP contribution in [0.1, 0.15) is 16.4 Å². The zero-order chi connectivity index (χ0) is 19.5. The molecule has 4 rings (SSSR count). The predicted octanol–water partition coefficient (Wildman–Crippen LogP) is 2.76. The van der Waals surface area contributed by atoms with Gasteiger partial charge in [0.15, 0.2) is 0 Å². The number of fused-ring (bicyclic) bond motifs is 1. The van der Waals surface area contributed by atoms with E-state index in [9.17, 15) is 9.90 Å². The molecule has 2 N–H and O–H groups in total. The van der Waals surface area contributed by atoms with Crippen molar-refractivity contribution in [2.75, 3.05) is 5.43 Å². The summed E-state index contributed by atoms with van der Waals surface area (Å²) in [7, 11) is 0. The minimum Gasteiger partial charge on any atom is -0.508 e. The molecule has 0 amide bonds. The van der Waals surface area contributed by atoms with Gasteiger partial charge in [-0.2, -0.15) is 0 Å². The maximum absolute atomic E-state index is 12.6. The second-order valence-electron chi connectivity index (χ2n) is 5.98. The lowest BCUT2D eigenvalue weighted by Crippen LogP contribution is -2.31. The molecule has 8 nitrogen and oxygen atoms in total. The first-order valence-corrected chi connectivity index (χ1v) is 9.29. The molecule has 2 heterocycles. The van der Waals surface area contributed by atoms with E-state index in [1.165, 1.54) is 16.0 Å². The summed E-state index contributed by atoms with van der Waals surface area (Å²) in [5, 5.41) is 19.2. The van der Waals surface area contributed by atoms with Gasteiger partial charge in [0, 0.05) is 6.21 Å². The number of phenolic OH excluding ortho intramolecular Hbond substituents is 1. The number of aromatic hydroxyl groups is 1. The highest BCUT2D eigenvalue weighted by molar-refractivity contribution is 7.14. The number of nitrogens with zero attached hydrogens (tertiary/aromatic N) is 5. The molecule has 0 saturated carbocycles. The first kappa shape index (κ1) is 17.8. The number of nitrogens with one attached hydrogen (secondary N) is 1. The molecule has 0 bridgehead atoms. The summed E-state index contributed by atoms with van der Waals surface area (Å²) in [6.45, 7) is 2.10. The van der Waals surface area contributed by atoms with Gasteiger partial charge in [0.2, 0.25) is 5.13 Å². The SMILES string of the molecule is Cc1nc2ccccc2c(=O)n1NCc1nnc(N=Cc2ccc(O)cc2)s1. The van der Waals surface area contributed by atoms with Crippen molar-refractivity contribution in [2.45, 2.75) is 13.5 Å². The van der Waals surface area contributed by atoms with E-state index in [4.69, 9.17) is 0 Å². The van der Waals surface area contributed by atoms with Gasteiger partial charge in [-0.25, -0.2) is 14.7 Å². The molecule has 2 aromatic carbocycles. The van der Waals surface area contributed by atoms with Crippen LogP contribution in [-0.4, -0.2) is 31.2 Å². The summed E-state index contributed by atoms with van der Waals surface area (Å²) in [6.07, 6.45) is 1.65. The summed E-state index contributed by atoms with van der Waals surface area (Å²) in [6, 6.07) is 13.9. The molecule has 0 aliphatic rings. The van der Waals surface area contributed by atoms with Crippen LogP contribution in [0.5, 0.6) is 5.75 Å². The van der Waals surface area contributed by atoms with E-state index in [0.717, 1.165) is 5.56 Å². The van der Waals surface area contributed by atoms with Gasteiger partial charge in [-0.15, -0.1) is 10.2 Å². The normalized spacial score (nSPS) is 11.3. The van der Waals surface area contributed by atoms with E-state index in [-0.39, 0.29) is 11.3 Å². The maximum atomic E-state index is 12.6. The van der Waals surface area contributed by atoms with Crippen LogP contribution >= 0.6 is 11.3 Å². The van der Waals surface area contributed by atoms with E-state index in [2.05, 4.69) is 25.6 Å². The van der Waals surface area contributed by atoms with Crippen LogP contribution in [-0.2, 0) is 6.54 Å². The Kier molecular flexibility index (Phi) is 4.81. The quantitative estimate of drug-likeness (QED) is 0.506. The minimum atomic E-state index is -0.154. The van der Waals surface area contributed by atoms with Crippen LogP contribution < -0.4 is 11.0 Å². The molecule has 0 unspecified atom stereocenters. The van der Waals surface area contributed by atoms with Crippen molar-refractivity contribution in [3.63, 3.8) is 0 Å². The van der Waals surface area contributed by atoms with Crippen molar-refractivity contribution in [3.05, 3.63) is 75.3 Å². The zero-order valence-corrected chi connectivity index (χ0v) is 15.7. The first-order valence-electron chi connectivity index (χ1n) is 8.48. The molecule has 0 radical (unpaired) electrons. The van der Waals surface area contributed by atoms with Crippen molar-refractivity contribution < 1.29 is 5.11 Å². The molecule has 0 aliphatic carbocycles. The molecule has 140 valence electrons. The number of hydrogen-bond acceptors (Lipinski definition) is 8. The first-order chi connectivity index (χ1) is 13.6. The van der Waals surface area contributed by atoms with Crippen LogP contribution in [0.3, 0.4) is 0 Å². The Balaban J connectivity index is 1.48. The second kappa shape index (κ2) is 7.57. The third kappa shape index (κ3) is 3.74. The third-order valence-corrected chi connectivity index (χ3v) is 4.84. The largest absolute Gasteiger partial charge is 0.508 e. The minimum absolute atomic E-state index is 0.154. The summed E-state index contributed by atoms with van der Waals surface area (Å²) in [4.78, 5) is 21.4. The molecule has 0 aliphatic heterocycles. The van der Waals surface area contributed by atoms with Crippen molar-refractivity contribution in [3.8, 4) is 5.75 Å². The summed E-state index contributed by atoms with van der Waals surface area (Å²) < 4.78 is 1.42. The number of para-hydroxylation sites is 1. The molecule has 4 aromatic rings. The predicted molar refractivity (Wildman–Crippen MR) is 109 cm³/mol. The van der Waals surface area contributed by atoms with E-state index >= 15 is 0 Å². The van der Waals surface area contributed by atoms with E-state index in [0.29, 0.717) is 33.4 Å². The van der Waals surface area contributed by atoms with Crippen molar-refractivity contribution in [1.29, 1.82) is 0 Å². The number of hydrogen-bond donors (Lipinski definition) is 2. The number of aliphatic imine (C=N–C) groups is 1. The molecule has 9 heteroatoms. The van der Waals surface area contributed by atoms with Gasteiger partial charge >= 0.3 is 0 Å². The Hall–Kier alpha value is -3.59.